The molecule has 0 radical (unpaired) electrons. The quantitative estimate of drug-likeness (QED) is 0.934. The van der Waals surface area contributed by atoms with Gasteiger partial charge in [0, 0.05) is 18.1 Å². The van der Waals surface area contributed by atoms with Gasteiger partial charge in [-0.3, -0.25) is 0 Å². The van der Waals surface area contributed by atoms with Gasteiger partial charge in [0.05, 0.1) is 5.41 Å². The highest BCUT2D eigenvalue weighted by Crippen LogP contribution is 2.51. The molecule has 20 heavy (non-hydrogen) atoms. The lowest BCUT2D eigenvalue weighted by atomic mass is 9.58. The Bertz CT molecular complexity index is 617. The minimum Gasteiger partial charge on any atom is -0.396 e. The molecule has 0 aliphatic heterocycles. The number of aliphatic hydroxyl groups is 1. The first kappa shape index (κ1) is 13.7. The average Bonchev–Trinajstić information content (AvgIpc) is 2.74. The van der Waals surface area contributed by atoms with Gasteiger partial charge in [-0.15, -0.1) is 10.2 Å². The molecule has 0 amide bonds. The van der Waals surface area contributed by atoms with Crippen LogP contribution in [0.15, 0.2) is 29.0 Å². The topological polar surface area (TPSA) is 50.9 Å². The highest BCUT2D eigenvalue weighted by atomic mass is 79.9. The summed E-state index contributed by atoms with van der Waals surface area (Å²) < 4.78 is 16.3. The second-order valence-electron chi connectivity index (χ2n) is 5.46. The summed E-state index contributed by atoms with van der Waals surface area (Å²) in [7, 11) is 1.89. The Kier molecular flexibility index (Phi) is 3.38. The molecule has 1 heterocycles. The summed E-state index contributed by atoms with van der Waals surface area (Å²) in [5, 5.41) is 17.5. The third-order valence-corrected chi connectivity index (χ3v) is 4.54. The Balaban J connectivity index is 2.10. The second-order valence-corrected chi connectivity index (χ2v) is 6.38. The second kappa shape index (κ2) is 4.93. The van der Waals surface area contributed by atoms with E-state index in [0.717, 1.165) is 24.2 Å². The number of nitrogens with zero attached hydrogens (tertiary/aromatic N) is 3. The van der Waals surface area contributed by atoms with Crippen LogP contribution in [0.3, 0.4) is 0 Å². The molecule has 3 rings (SSSR count). The lowest BCUT2D eigenvalue weighted by Gasteiger charge is -2.46. The fraction of sp³-hybridized carbons (Fsp3) is 0.429. The first-order chi connectivity index (χ1) is 9.55. The Morgan fingerprint density at radius 2 is 2.20 bits per heavy atom. The van der Waals surface area contributed by atoms with Gasteiger partial charge in [-0.05, 0) is 42.5 Å². The van der Waals surface area contributed by atoms with Crippen molar-refractivity contribution >= 4 is 15.9 Å². The van der Waals surface area contributed by atoms with Crippen molar-refractivity contribution in [1.82, 2.24) is 14.8 Å². The van der Waals surface area contributed by atoms with Crippen LogP contribution >= 0.6 is 15.9 Å². The van der Waals surface area contributed by atoms with Crippen molar-refractivity contribution < 1.29 is 9.50 Å². The summed E-state index contributed by atoms with van der Waals surface area (Å²) >= 11 is 3.34. The molecule has 1 saturated carbocycles. The van der Waals surface area contributed by atoms with Crippen LogP contribution in [0.4, 0.5) is 4.39 Å². The zero-order valence-corrected chi connectivity index (χ0v) is 12.6. The fourth-order valence-corrected chi connectivity index (χ4v) is 3.61. The van der Waals surface area contributed by atoms with E-state index in [4.69, 9.17) is 0 Å². The number of hydrogen-bond acceptors (Lipinski definition) is 3. The maximum absolute atomic E-state index is 13.7. The predicted octanol–water partition coefficient (Wildman–Crippen LogP) is 2.41. The van der Waals surface area contributed by atoms with Gasteiger partial charge in [0.15, 0.2) is 0 Å². The van der Waals surface area contributed by atoms with Gasteiger partial charge in [-0.25, -0.2) is 4.39 Å². The van der Waals surface area contributed by atoms with E-state index >= 15 is 0 Å². The van der Waals surface area contributed by atoms with E-state index in [9.17, 15) is 9.50 Å². The van der Waals surface area contributed by atoms with Crippen molar-refractivity contribution in [2.75, 3.05) is 6.61 Å². The number of hydrogen-bond donors (Lipinski definition) is 1. The number of aryl methyl sites for hydroxylation is 1. The zero-order chi connectivity index (χ0) is 14.3. The molecule has 1 aromatic carbocycles. The number of rotatable bonds is 3. The molecule has 1 aromatic heterocycles. The summed E-state index contributed by atoms with van der Waals surface area (Å²) in [6.07, 6.45) is 3.16. The van der Waals surface area contributed by atoms with E-state index in [2.05, 4.69) is 26.1 Å². The van der Waals surface area contributed by atoms with Crippen molar-refractivity contribution in [3.63, 3.8) is 0 Å². The predicted molar refractivity (Wildman–Crippen MR) is 75.7 cm³/mol. The summed E-state index contributed by atoms with van der Waals surface area (Å²) in [5.74, 6) is 0.775. The minimum atomic E-state index is -0.358. The van der Waals surface area contributed by atoms with E-state index in [-0.39, 0.29) is 23.8 Å². The molecule has 1 N–H and O–H groups in total. The van der Waals surface area contributed by atoms with Crippen LogP contribution in [0.25, 0.3) is 0 Å². The minimum absolute atomic E-state index is 0.149. The summed E-state index contributed by atoms with van der Waals surface area (Å²) in [4.78, 5) is 0. The Morgan fingerprint density at radius 1 is 1.45 bits per heavy atom. The molecule has 0 bridgehead atoms. The Morgan fingerprint density at radius 3 is 2.75 bits per heavy atom. The maximum Gasteiger partial charge on any atom is 0.143 e. The third kappa shape index (κ3) is 2.07. The van der Waals surface area contributed by atoms with Crippen molar-refractivity contribution in [3.05, 3.63) is 46.2 Å². The Hall–Kier alpha value is -1.27. The van der Waals surface area contributed by atoms with E-state index < -0.39 is 0 Å². The van der Waals surface area contributed by atoms with Crippen LogP contribution in [0, 0.1) is 11.7 Å². The highest BCUT2D eigenvalue weighted by Gasteiger charge is 2.49. The molecule has 0 spiro atoms. The van der Waals surface area contributed by atoms with Gasteiger partial charge in [0.1, 0.15) is 18.0 Å². The van der Waals surface area contributed by atoms with Crippen molar-refractivity contribution in [3.8, 4) is 0 Å². The van der Waals surface area contributed by atoms with E-state index in [1.54, 1.807) is 12.4 Å². The largest absolute Gasteiger partial charge is 0.396 e. The van der Waals surface area contributed by atoms with Crippen LogP contribution in [0.5, 0.6) is 0 Å². The molecule has 0 atom stereocenters. The van der Waals surface area contributed by atoms with Gasteiger partial charge >= 0.3 is 0 Å². The molecule has 106 valence electrons. The molecule has 1 aliphatic carbocycles. The molecule has 1 fully saturated rings. The summed E-state index contributed by atoms with van der Waals surface area (Å²) in [6.45, 7) is 0.149. The lowest BCUT2D eigenvalue weighted by molar-refractivity contribution is 0.0938. The van der Waals surface area contributed by atoms with Gasteiger partial charge in [0.25, 0.3) is 0 Å². The molecule has 6 heteroatoms. The van der Waals surface area contributed by atoms with Crippen LogP contribution < -0.4 is 0 Å². The highest BCUT2D eigenvalue weighted by molar-refractivity contribution is 9.10. The smallest absolute Gasteiger partial charge is 0.143 e. The third-order valence-electron chi connectivity index (χ3n) is 4.09. The maximum atomic E-state index is 13.7. The van der Waals surface area contributed by atoms with Gasteiger partial charge in [-0.2, -0.15) is 0 Å². The first-order valence-corrected chi connectivity index (χ1v) is 7.26. The standard InChI is InChI=1S/C14H15BrFN3O/c1-19-8-17-18-13(19)14(5-9(6-14)7-20)10-2-11(15)4-12(16)3-10/h2-4,8-9,20H,5-7H2,1H3. The lowest BCUT2D eigenvalue weighted by Crippen LogP contribution is -2.45. The van der Waals surface area contributed by atoms with E-state index in [0.29, 0.717) is 4.47 Å². The SMILES string of the molecule is Cn1cnnc1C1(c2cc(F)cc(Br)c2)CC(CO)C1. The first-order valence-electron chi connectivity index (χ1n) is 6.47. The van der Waals surface area contributed by atoms with Crippen molar-refractivity contribution in [1.29, 1.82) is 0 Å². The fourth-order valence-electron chi connectivity index (χ4n) is 3.15. The molecule has 2 aromatic rings. The van der Waals surface area contributed by atoms with E-state index in [1.165, 1.54) is 6.07 Å². The Labute approximate surface area is 124 Å². The average molecular weight is 340 g/mol. The number of aliphatic hydroxyl groups excluding tert-OH is 1. The summed E-state index contributed by atoms with van der Waals surface area (Å²) in [6, 6.07) is 4.91. The van der Waals surface area contributed by atoms with Crippen LogP contribution in [0.1, 0.15) is 24.2 Å². The number of aromatic nitrogens is 3. The number of benzene rings is 1. The normalized spacial score (nSPS) is 25.5. The monoisotopic (exact) mass is 339 g/mol. The zero-order valence-electron chi connectivity index (χ0n) is 11.1. The molecule has 4 nitrogen and oxygen atoms in total. The molecular weight excluding hydrogens is 325 g/mol. The van der Waals surface area contributed by atoms with Gasteiger partial charge in [0.2, 0.25) is 0 Å². The van der Waals surface area contributed by atoms with Crippen LogP contribution in [-0.4, -0.2) is 26.5 Å². The molecule has 0 unspecified atom stereocenters. The molecule has 0 saturated heterocycles. The van der Waals surface area contributed by atoms with Crippen LogP contribution in [-0.2, 0) is 12.5 Å². The van der Waals surface area contributed by atoms with Crippen molar-refractivity contribution in [2.45, 2.75) is 18.3 Å². The van der Waals surface area contributed by atoms with Crippen LogP contribution in [0.2, 0.25) is 0 Å². The number of halogens is 2. The van der Waals surface area contributed by atoms with Crippen molar-refractivity contribution in [2.24, 2.45) is 13.0 Å². The molecular formula is C14H15BrFN3O. The summed E-state index contributed by atoms with van der Waals surface area (Å²) in [5.41, 5.74) is 0.522. The van der Waals surface area contributed by atoms with E-state index in [1.807, 2.05) is 17.7 Å². The van der Waals surface area contributed by atoms with Gasteiger partial charge in [-0.1, -0.05) is 15.9 Å². The molecule has 1 aliphatic rings. The van der Waals surface area contributed by atoms with Gasteiger partial charge < -0.3 is 9.67 Å².